The Labute approximate surface area is 123 Å². The second-order valence-corrected chi connectivity index (χ2v) is 7.09. The van der Waals surface area contributed by atoms with E-state index in [0.29, 0.717) is 6.04 Å². The third-order valence-electron chi connectivity index (χ3n) is 5.28. The normalized spacial score (nSPS) is 33.9. The van der Waals surface area contributed by atoms with Crippen LogP contribution in [0.25, 0.3) is 0 Å². The summed E-state index contributed by atoms with van der Waals surface area (Å²) in [6.07, 6.45) is 7.30. The van der Waals surface area contributed by atoms with Crippen molar-refractivity contribution in [3.8, 4) is 0 Å². The van der Waals surface area contributed by atoms with E-state index in [1.165, 1.54) is 38.8 Å². The van der Waals surface area contributed by atoms with Gasteiger partial charge in [0, 0.05) is 37.8 Å². The lowest BCUT2D eigenvalue weighted by Crippen LogP contribution is -2.38. The maximum absolute atomic E-state index is 9.50. The molecule has 0 bridgehead atoms. The van der Waals surface area contributed by atoms with E-state index < -0.39 is 0 Å². The monoisotopic (exact) mass is 281 g/mol. The van der Waals surface area contributed by atoms with E-state index >= 15 is 0 Å². The minimum atomic E-state index is -0.0437. The van der Waals surface area contributed by atoms with Gasteiger partial charge in [-0.1, -0.05) is 0 Å². The van der Waals surface area contributed by atoms with Crippen molar-refractivity contribution in [1.29, 1.82) is 0 Å². The molecule has 116 valence electrons. The molecule has 4 nitrogen and oxygen atoms in total. The van der Waals surface area contributed by atoms with Gasteiger partial charge >= 0.3 is 0 Å². The molecule has 2 atom stereocenters. The van der Waals surface area contributed by atoms with Crippen LogP contribution >= 0.6 is 0 Å². The molecule has 0 aromatic carbocycles. The lowest BCUT2D eigenvalue weighted by molar-refractivity contribution is 0.0820. The van der Waals surface area contributed by atoms with Crippen molar-refractivity contribution in [2.24, 2.45) is 0 Å². The minimum absolute atomic E-state index is 0.0437. The predicted octanol–water partition coefficient (Wildman–Crippen LogP) is 1.05. The van der Waals surface area contributed by atoms with Gasteiger partial charge in [0.25, 0.3) is 0 Å². The van der Waals surface area contributed by atoms with Gasteiger partial charge in [-0.25, -0.2) is 0 Å². The Hall–Kier alpha value is -0.160. The highest BCUT2D eigenvalue weighted by Gasteiger charge is 2.38. The van der Waals surface area contributed by atoms with Gasteiger partial charge in [0.15, 0.2) is 0 Å². The third-order valence-corrected chi connectivity index (χ3v) is 5.28. The smallest absolute Gasteiger partial charge is 0.0564 e. The average molecular weight is 281 g/mol. The van der Waals surface area contributed by atoms with Crippen LogP contribution < -0.4 is 5.32 Å². The van der Waals surface area contributed by atoms with Gasteiger partial charge in [-0.15, -0.1) is 0 Å². The van der Waals surface area contributed by atoms with Crippen molar-refractivity contribution in [2.75, 3.05) is 32.7 Å². The average Bonchev–Trinajstić information content (AvgIpc) is 3.21. The van der Waals surface area contributed by atoms with Crippen LogP contribution in [0, 0.1) is 0 Å². The fourth-order valence-corrected chi connectivity index (χ4v) is 3.87. The van der Waals surface area contributed by atoms with Crippen LogP contribution in [0.4, 0.5) is 0 Å². The van der Waals surface area contributed by atoms with Crippen LogP contribution in [0.2, 0.25) is 0 Å². The van der Waals surface area contributed by atoms with Crippen molar-refractivity contribution < 1.29 is 5.11 Å². The van der Waals surface area contributed by atoms with Gasteiger partial charge in [-0.2, -0.15) is 0 Å². The molecular weight excluding hydrogens is 250 g/mol. The highest BCUT2D eigenvalue weighted by molar-refractivity contribution is 4.95. The molecule has 0 aromatic heterocycles. The second kappa shape index (κ2) is 6.73. The van der Waals surface area contributed by atoms with Crippen molar-refractivity contribution >= 4 is 0 Å². The lowest BCUT2D eigenvalue weighted by atomic mass is 10.1. The van der Waals surface area contributed by atoms with E-state index in [1.807, 2.05) is 0 Å². The van der Waals surface area contributed by atoms with E-state index in [9.17, 15) is 5.11 Å². The molecule has 4 heteroatoms. The lowest BCUT2D eigenvalue weighted by Gasteiger charge is -2.29. The van der Waals surface area contributed by atoms with Crippen LogP contribution in [0.15, 0.2) is 0 Å². The number of aliphatic hydroxyl groups excluding tert-OH is 1. The molecule has 0 aromatic rings. The quantitative estimate of drug-likeness (QED) is 0.714. The number of likely N-dealkylation sites (tertiary alicyclic amines) is 2. The molecule has 2 N–H and O–H groups in total. The number of nitrogens with one attached hydrogen (secondary N) is 1. The molecule has 0 radical (unpaired) electrons. The summed E-state index contributed by atoms with van der Waals surface area (Å²) in [6, 6.07) is 2.41. The highest BCUT2D eigenvalue weighted by Crippen LogP contribution is 2.33. The number of hydrogen-bond acceptors (Lipinski definition) is 4. The Kier molecular flexibility index (Phi) is 4.97. The first-order valence-corrected chi connectivity index (χ1v) is 8.62. The van der Waals surface area contributed by atoms with Crippen molar-refractivity contribution in [1.82, 2.24) is 15.1 Å². The highest BCUT2D eigenvalue weighted by atomic mass is 16.3. The third kappa shape index (κ3) is 3.94. The Morgan fingerprint density at radius 2 is 1.90 bits per heavy atom. The maximum Gasteiger partial charge on any atom is 0.0564 e. The molecule has 2 aliphatic heterocycles. The zero-order chi connectivity index (χ0) is 13.9. The van der Waals surface area contributed by atoms with Gasteiger partial charge in [0.2, 0.25) is 0 Å². The summed E-state index contributed by atoms with van der Waals surface area (Å²) >= 11 is 0. The van der Waals surface area contributed by atoms with Crippen molar-refractivity contribution in [3.63, 3.8) is 0 Å². The second-order valence-electron chi connectivity index (χ2n) is 7.09. The topological polar surface area (TPSA) is 38.7 Å². The molecule has 1 aliphatic carbocycles. The molecule has 1 saturated carbocycles. The molecule has 2 saturated heterocycles. The summed E-state index contributed by atoms with van der Waals surface area (Å²) < 4.78 is 0. The van der Waals surface area contributed by atoms with Crippen molar-refractivity contribution in [2.45, 2.75) is 69.7 Å². The van der Waals surface area contributed by atoms with Crippen LogP contribution in [0.5, 0.6) is 0 Å². The summed E-state index contributed by atoms with van der Waals surface area (Å²) in [4.78, 5) is 5.21. The molecular formula is C16H31N3O. The number of aliphatic hydroxyl groups is 1. The predicted molar refractivity (Wildman–Crippen MR) is 81.9 cm³/mol. The first-order valence-electron chi connectivity index (χ1n) is 8.62. The fraction of sp³-hybridized carbons (Fsp3) is 1.00. The first kappa shape index (κ1) is 14.8. The van der Waals surface area contributed by atoms with Crippen LogP contribution in [0.1, 0.15) is 45.4 Å². The minimum Gasteiger partial charge on any atom is -0.393 e. The summed E-state index contributed by atoms with van der Waals surface area (Å²) in [5.41, 5.74) is 0. The zero-order valence-electron chi connectivity index (χ0n) is 12.9. The van der Waals surface area contributed by atoms with Gasteiger partial charge < -0.3 is 15.3 Å². The van der Waals surface area contributed by atoms with Crippen LogP contribution in [-0.2, 0) is 0 Å². The molecule has 3 fully saturated rings. The van der Waals surface area contributed by atoms with Crippen LogP contribution in [0.3, 0.4) is 0 Å². The largest absolute Gasteiger partial charge is 0.393 e. The summed E-state index contributed by atoms with van der Waals surface area (Å²) in [5.74, 6) is 0. The Bertz CT molecular complexity index is 300. The van der Waals surface area contributed by atoms with E-state index in [1.54, 1.807) is 0 Å². The van der Waals surface area contributed by atoms with E-state index in [4.69, 9.17) is 0 Å². The molecule has 3 aliphatic rings. The molecule has 0 spiro atoms. The maximum atomic E-state index is 9.50. The van der Waals surface area contributed by atoms with Crippen molar-refractivity contribution in [3.05, 3.63) is 0 Å². The summed E-state index contributed by atoms with van der Waals surface area (Å²) in [5, 5.41) is 13.3. The fourth-order valence-electron chi connectivity index (χ4n) is 3.87. The van der Waals surface area contributed by atoms with Gasteiger partial charge in [0.1, 0.15) is 0 Å². The van der Waals surface area contributed by atoms with Crippen LogP contribution in [-0.4, -0.2) is 71.9 Å². The number of hydrogen-bond donors (Lipinski definition) is 2. The Morgan fingerprint density at radius 1 is 1.15 bits per heavy atom. The van der Waals surface area contributed by atoms with E-state index in [2.05, 4.69) is 22.0 Å². The molecule has 2 unspecified atom stereocenters. The Morgan fingerprint density at radius 3 is 2.60 bits per heavy atom. The standard InChI is InChI=1S/C16H31N3O/c1-13-11-14(12-19(13)15-3-4-15)17-7-2-8-18-9-5-16(20)6-10-18/h13-17,20H,2-12H2,1H3. The first-order chi connectivity index (χ1) is 9.72. The number of nitrogens with zero attached hydrogens (tertiary/aromatic N) is 2. The molecule has 20 heavy (non-hydrogen) atoms. The summed E-state index contributed by atoms with van der Waals surface area (Å²) in [6.45, 7) is 8.15. The van der Waals surface area contributed by atoms with Gasteiger partial charge in [0.05, 0.1) is 6.10 Å². The number of rotatable bonds is 6. The summed E-state index contributed by atoms with van der Waals surface area (Å²) in [7, 11) is 0. The molecule has 3 rings (SSSR count). The Balaban J connectivity index is 1.27. The number of piperidine rings is 1. The van der Waals surface area contributed by atoms with E-state index in [0.717, 1.165) is 44.6 Å². The molecule has 0 amide bonds. The molecule has 2 heterocycles. The zero-order valence-corrected chi connectivity index (χ0v) is 12.9. The van der Waals surface area contributed by atoms with E-state index in [-0.39, 0.29) is 6.10 Å². The van der Waals surface area contributed by atoms with Gasteiger partial charge in [-0.3, -0.25) is 4.90 Å². The SMILES string of the molecule is CC1CC(NCCCN2CCC(O)CC2)CN1C1CC1. The van der Waals surface area contributed by atoms with Gasteiger partial charge in [-0.05, 0) is 58.5 Å².